The zero-order chi connectivity index (χ0) is 25.0. The maximum atomic E-state index is 13.5. The number of carbonyl (C=O) groups is 1. The molecule has 182 valence electrons. The van der Waals surface area contributed by atoms with E-state index < -0.39 is 33.2 Å². The quantitative estimate of drug-likeness (QED) is 0.430. The van der Waals surface area contributed by atoms with Crippen LogP contribution < -0.4 is 17.0 Å². The smallest absolute Gasteiger partial charge is 0.330 e. The lowest BCUT2D eigenvalue weighted by molar-refractivity contribution is -0.127. The lowest BCUT2D eigenvalue weighted by atomic mass is 10.1. The molecule has 0 fully saturated rings. The predicted octanol–water partition coefficient (Wildman–Crippen LogP) is 0.361. The number of ether oxygens (including phenoxy) is 1. The molecule has 1 amide bonds. The molecule has 2 aromatic carbocycles. The predicted molar refractivity (Wildman–Crippen MR) is 128 cm³/mol. The summed E-state index contributed by atoms with van der Waals surface area (Å²) in [5, 5.41) is 0.0450. The molecule has 1 unspecified atom stereocenters. The zero-order valence-corrected chi connectivity index (χ0v) is 20.1. The van der Waals surface area contributed by atoms with Gasteiger partial charge in [0.1, 0.15) is 0 Å². The van der Waals surface area contributed by atoms with E-state index in [0.717, 1.165) is 14.4 Å². The summed E-state index contributed by atoms with van der Waals surface area (Å²) in [6, 6.07) is 11.8. The number of aromatic nitrogens is 2. The molecule has 1 aromatic heterocycles. The summed E-state index contributed by atoms with van der Waals surface area (Å²) in [4.78, 5) is 37.8. The molecule has 3 rings (SSSR count). The van der Waals surface area contributed by atoms with Crippen LogP contribution in [0.3, 0.4) is 0 Å². The molecule has 34 heavy (non-hydrogen) atoms. The van der Waals surface area contributed by atoms with E-state index in [2.05, 4.69) is 0 Å². The average molecular weight is 489 g/mol. The van der Waals surface area contributed by atoms with Gasteiger partial charge in [0, 0.05) is 34.4 Å². The van der Waals surface area contributed by atoms with Gasteiger partial charge in [0.15, 0.2) is 0 Å². The maximum absolute atomic E-state index is 13.5. The van der Waals surface area contributed by atoms with Crippen LogP contribution in [0.25, 0.3) is 10.9 Å². The van der Waals surface area contributed by atoms with E-state index >= 15 is 0 Å². The number of aryl methyl sites for hydroxylation is 1. The molecule has 0 saturated heterocycles. The highest BCUT2D eigenvalue weighted by Crippen LogP contribution is 2.21. The first-order valence-corrected chi connectivity index (χ1v) is 12.1. The molecule has 0 bridgehead atoms. The minimum absolute atomic E-state index is 0.0450. The van der Waals surface area contributed by atoms with E-state index in [1.807, 2.05) is 18.2 Å². The van der Waals surface area contributed by atoms with Crippen molar-refractivity contribution in [3.05, 3.63) is 74.9 Å². The van der Waals surface area contributed by atoms with Crippen molar-refractivity contribution in [2.24, 2.45) is 19.8 Å². The molecule has 0 aliphatic heterocycles. The third-order valence-electron chi connectivity index (χ3n) is 5.60. The number of nitrogens with two attached hydrogens (primary N) is 1. The largest absolute Gasteiger partial charge is 0.385 e. The normalized spacial score (nSPS) is 12.6. The minimum atomic E-state index is -4.35. The van der Waals surface area contributed by atoms with Crippen LogP contribution in [0.15, 0.2) is 63.0 Å². The molecule has 10 nitrogen and oxygen atoms in total. The lowest BCUT2D eigenvalue weighted by Gasteiger charge is -2.25. The van der Waals surface area contributed by atoms with Gasteiger partial charge in [0.2, 0.25) is 0 Å². The number of rotatable bonds is 9. The van der Waals surface area contributed by atoms with Crippen molar-refractivity contribution in [1.82, 2.24) is 13.4 Å². The van der Waals surface area contributed by atoms with Gasteiger partial charge in [-0.15, -0.1) is 0 Å². The van der Waals surface area contributed by atoms with Crippen LogP contribution in [0.1, 0.15) is 12.0 Å². The first kappa shape index (κ1) is 25.3. The van der Waals surface area contributed by atoms with Gasteiger partial charge in [-0.05, 0) is 36.6 Å². The second-order valence-electron chi connectivity index (χ2n) is 7.94. The fourth-order valence-electron chi connectivity index (χ4n) is 3.70. The summed E-state index contributed by atoms with van der Waals surface area (Å²) in [7, 11) is -0.0705. The number of fused-ring (bicyclic) bond motifs is 1. The fraction of sp³-hybridized carbons (Fsp3) is 0.348. The Hall–Kier alpha value is -3.28. The molecule has 0 radical (unpaired) electrons. The summed E-state index contributed by atoms with van der Waals surface area (Å²) < 4.78 is 35.0. The standard InChI is InChI=1S/C23H28N4O6S/c1-25-20-11-10-17(15-18(20)21(28)26(2)23(25)30)34(31,32)27(12-7-13-33-3)22(29)19(24)14-16-8-5-4-6-9-16/h4-6,8-11,15,19H,7,12-14,24H2,1-3H3. The number of sulfonamides is 1. The van der Waals surface area contributed by atoms with Gasteiger partial charge in [0.05, 0.1) is 21.8 Å². The maximum Gasteiger partial charge on any atom is 0.330 e. The Morgan fingerprint density at radius 2 is 1.76 bits per heavy atom. The van der Waals surface area contributed by atoms with Crippen molar-refractivity contribution < 1.29 is 17.9 Å². The van der Waals surface area contributed by atoms with Crippen LogP contribution >= 0.6 is 0 Å². The zero-order valence-electron chi connectivity index (χ0n) is 19.3. The average Bonchev–Trinajstić information content (AvgIpc) is 2.83. The SMILES string of the molecule is COCCCN(C(=O)C(N)Cc1ccccc1)S(=O)(=O)c1ccc2c(c1)c(=O)n(C)c(=O)n2C. The van der Waals surface area contributed by atoms with E-state index in [0.29, 0.717) is 0 Å². The van der Waals surface area contributed by atoms with Crippen molar-refractivity contribution >= 4 is 26.8 Å². The van der Waals surface area contributed by atoms with E-state index in [-0.39, 0.29) is 41.8 Å². The summed E-state index contributed by atoms with van der Waals surface area (Å²) >= 11 is 0. The molecule has 1 heterocycles. The Morgan fingerprint density at radius 1 is 1.09 bits per heavy atom. The molecule has 1 atom stereocenters. The number of nitrogens with zero attached hydrogens (tertiary/aromatic N) is 3. The Balaban J connectivity index is 2.04. The fourth-order valence-corrected chi connectivity index (χ4v) is 5.21. The van der Waals surface area contributed by atoms with E-state index in [4.69, 9.17) is 10.5 Å². The molecule has 0 aliphatic carbocycles. The lowest BCUT2D eigenvalue weighted by Crippen LogP contribution is -2.48. The minimum Gasteiger partial charge on any atom is -0.385 e. The van der Waals surface area contributed by atoms with Crippen LogP contribution in [-0.2, 0) is 40.1 Å². The van der Waals surface area contributed by atoms with Crippen LogP contribution in [-0.4, -0.2) is 54.1 Å². The first-order chi connectivity index (χ1) is 16.1. The highest BCUT2D eigenvalue weighted by molar-refractivity contribution is 7.89. The third kappa shape index (κ3) is 4.96. The number of amides is 1. The molecule has 11 heteroatoms. The second-order valence-corrected chi connectivity index (χ2v) is 9.81. The number of carbonyl (C=O) groups excluding carboxylic acids is 1. The molecule has 0 spiro atoms. The van der Waals surface area contributed by atoms with Crippen LogP contribution in [0, 0.1) is 0 Å². The van der Waals surface area contributed by atoms with Gasteiger partial charge in [-0.1, -0.05) is 30.3 Å². The molecule has 3 aromatic rings. The van der Waals surface area contributed by atoms with E-state index in [1.165, 1.54) is 44.0 Å². The highest BCUT2D eigenvalue weighted by atomic mass is 32.2. The number of benzene rings is 2. The van der Waals surface area contributed by atoms with Crippen molar-refractivity contribution in [3.8, 4) is 0 Å². The van der Waals surface area contributed by atoms with Crippen molar-refractivity contribution in [2.45, 2.75) is 23.8 Å². The molecule has 0 saturated carbocycles. The summed E-state index contributed by atoms with van der Waals surface area (Å²) in [6.45, 7) is 0.106. The van der Waals surface area contributed by atoms with Crippen molar-refractivity contribution in [1.29, 1.82) is 0 Å². The number of hydrogen-bond acceptors (Lipinski definition) is 7. The Bertz CT molecular complexity index is 1410. The van der Waals surface area contributed by atoms with E-state index in [1.54, 1.807) is 12.1 Å². The summed E-state index contributed by atoms with van der Waals surface area (Å²) in [6.07, 6.45) is 0.430. The van der Waals surface area contributed by atoms with Gasteiger partial charge >= 0.3 is 5.69 Å². The van der Waals surface area contributed by atoms with Gasteiger partial charge in [-0.2, -0.15) is 0 Å². The van der Waals surface area contributed by atoms with Gasteiger partial charge in [-0.3, -0.25) is 18.7 Å². The third-order valence-corrected chi connectivity index (χ3v) is 7.39. The van der Waals surface area contributed by atoms with E-state index in [9.17, 15) is 22.8 Å². The topological polar surface area (TPSA) is 134 Å². The monoisotopic (exact) mass is 488 g/mol. The Labute approximate surface area is 197 Å². The Kier molecular flexibility index (Phi) is 7.70. The van der Waals surface area contributed by atoms with Gasteiger partial charge < -0.3 is 10.5 Å². The molecule has 2 N–H and O–H groups in total. The van der Waals surface area contributed by atoms with Crippen molar-refractivity contribution in [3.63, 3.8) is 0 Å². The van der Waals surface area contributed by atoms with Crippen LogP contribution in [0.4, 0.5) is 0 Å². The molecular formula is C23H28N4O6S. The van der Waals surface area contributed by atoms with Crippen LogP contribution in [0.5, 0.6) is 0 Å². The van der Waals surface area contributed by atoms with Gasteiger partial charge in [0.25, 0.3) is 21.5 Å². The molecule has 0 aliphatic rings. The number of hydrogen-bond donors (Lipinski definition) is 1. The van der Waals surface area contributed by atoms with Gasteiger partial charge in [-0.25, -0.2) is 17.5 Å². The first-order valence-electron chi connectivity index (χ1n) is 10.6. The number of methoxy groups -OCH3 is 1. The highest BCUT2D eigenvalue weighted by Gasteiger charge is 2.32. The summed E-state index contributed by atoms with van der Waals surface area (Å²) in [5.74, 6) is -0.756. The van der Waals surface area contributed by atoms with Crippen molar-refractivity contribution in [2.75, 3.05) is 20.3 Å². The summed E-state index contributed by atoms with van der Waals surface area (Å²) in [5.41, 5.74) is 6.04. The molecular weight excluding hydrogens is 460 g/mol. The Morgan fingerprint density at radius 3 is 2.41 bits per heavy atom. The second kappa shape index (κ2) is 10.3. The van der Waals surface area contributed by atoms with Crippen LogP contribution in [0.2, 0.25) is 0 Å².